The van der Waals surface area contributed by atoms with Crippen LogP contribution in [0.25, 0.3) is 28.3 Å². The molecule has 0 saturated heterocycles. The maximum absolute atomic E-state index is 13.6. The number of nitrogens with zero attached hydrogens (tertiary/aromatic N) is 2. The van der Waals surface area contributed by atoms with Crippen molar-refractivity contribution in [1.29, 1.82) is 0 Å². The van der Waals surface area contributed by atoms with E-state index in [4.69, 9.17) is 0 Å². The van der Waals surface area contributed by atoms with Gasteiger partial charge < -0.3 is 0 Å². The van der Waals surface area contributed by atoms with E-state index in [9.17, 15) is 17.6 Å². The fraction of sp³-hybridized carbons (Fsp3) is 0.182. The Morgan fingerprint density at radius 1 is 0.857 bits per heavy atom. The number of aromatic nitrogens is 2. The molecule has 0 fully saturated rings. The van der Waals surface area contributed by atoms with E-state index in [1.807, 2.05) is 36.7 Å². The molecule has 0 unspecified atom stereocenters. The van der Waals surface area contributed by atoms with Crippen molar-refractivity contribution in [2.45, 2.75) is 25.9 Å². The molecule has 0 N–H and O–H groups in total. The second-order valence-corrected chi connectivity index (χ2v) is 6.35. The Hall–Kier alpha value is -3.02. The maximum Gasteiger partial charge on any atom is 0.412 e. The highest BCUT2D eigenvalue weighted by atomic mass is 19.4. The number of benzene rings is 2. The summed E-state index contributed by atoms with van der Waals surface area (Å²) in [5.41, 5.74) is 3.48. The minimum absolute atomic E-state index is 0.113. The van der Waals surface area contributed by atoms with Crippen LogP contribution in [0, 0.1) is 0 Å². The first-order valence-corrected chi connectivity index (χ1v) is 8.83. The predicted octanol–water partition coefficient (Wildman–Crippen LogP) is 6.64. The average molecular weight is 386 g/mol. The van der Waals surface area contributed by atoms with Gasteiger partial charge in [-0.15, -0.1) is 0 Å². The zero-order valence-electron chi connectivity index (χ0n) is 15.2. The summed E-state index contributed by atoms with van der Waals surface area (Å²) in [6, 6.07) is 13.3. The molecule has 0 atom stereocenters. The van der Waals surface area contributed by atoms with Gasteiger partial charge in [0.25, 0.3) is 0 Å². The second-order valence-electron chi connectivity index (χ2n) is 6.35. The first-order chi connectivity index (χ1) is 13.4. The SMILES string of the molecule is CCCc1cnc(-c2ccc(-c3ccc(/C(F)=C/C(F)(F)F)cc3)cc2)nc1. The Morgan fingerprint density at radius 3 is 1.86 bits per heavy atom. The average Bonchev–Trinajstić information content (AvgIpc) is 2.68. The van der Waals surface area contributed by atoms with Crippen LogP contribution in [0.2, 0.25) is 0 Å². The number of hydrogen-bond acceptors (Lipinski definition) is 2. The Morgan fingerprint density at radius 2 is 1.36 bits per heavy atom. The first-order valence-electron chi connectivity index (χ1n) is 8.83. The molecule has 0 radical (unpaired) electrons. The zero-order chi connectivity index (χ0) is 20.1. The van der Waals surface area contributed by atoms with Gasteiger partial charge in [0.05, 0.1) is 6.08 Å². The van der Waals surface area contributed by atoms with E-state index < -0.39 is 12.0 Å². The molecule has 0 aliphatic heterocycles. The summed E-state index contributed by atoms with van der Waals surface area (Å²) < 4.78 is 50.4. The van der Waals surface area contributed by atoms with E-state index in [0.29, 0.717) is 5.82 Å². The van der Waals surface area contributed by atoms with Crippen LogP contribution in [0.1, 0.15) is 24.5 Å². The Bertz CT molecular complexity index is 942. The van der Waals surface area contributed by atoms with E-state index in [0.717, 1.165) is 35.1 Å². The van der Waals surface area contributed by atoms with Gasteiger partial charge in [-0.25, -0.2) is 14.4 Å². The molecular weight excluding hydrogens is 368 g/mol. The molecule has 0 spiro atoms. The van der Waals surface area contributed by atoms with Crippen LogP contribution in [0.5, 0.6) is 0 Å². The van der Waals surface area contributed by atoms with Gasteiger partial charge in [0.1, 0.15) is 5.83 Å². The number of hydrogen-bond donors (Lipinski definition) is 0. The summed E-state index contributed by atoms with van der Waals surface area (Å²) in [5, 5.41) is 0. The molecule has 144 valence electrons. The Kier molecular flexibility index (Phi) is 5.87. The van der Waals surface area contributed by atoms with E-state index in [2.05, 4.69) is 16.9 Å². The molecule has 3 rings (SSSR count). The van der Waals surface area contributed by atoms with Crippen LogP contribution >= 0.6 is 0 Å². The third-order valence-corrected chi connectivity index (χ3v) is 4.17. The van der Waals surface area contributed by atoms with Crippen molar-refractivity contribution in [2.75, 3.05) is 0 Å². The van der Waals surface area contributed by atoms with Gasteiger partial charge in [-0.05, 0) is 23.1 Å². The van der Waals surface area contributed by atoms with Crippen LogP contribution in [0.4, 0.5) is 17.6 Å². The van der Waals surface area contributed by atoms with Crippen molar-refractivity contribution < 1.29 is 17.6 Å². The summed E-state index contributed by atoms with van der Waals surface area (Å²) >= 11 is 0. The number of alkyl halides is 3. The van der Waals surface area contributed by atoms with E-state index in [-0.39, 0.29) is 11.6 Å². The number of halogens is 4. The minimum atomic E-state index is -4.69. The number of rotatable bonds is 5. The lowest BCUT2D eigenvalue weighted by atomic mass is 10.0. The molecule has 28 heavy (non-hydrogen) atoms. The van der Waals surface area contributed by atoms with Gasteiger partial charge in [-0.3, -0.25) is 0 Å². The quantitative estimate of drug-likeness (QED) is 0.460. The predicted molar refractivity (Wildman–Crippen MR) is 102 cm³/mol. The maximum atomic E-state index is 13.6. The highest BCUT2D eigenvalue weighted by Gasteiger charge is 2.25. The van der Waals surface area contributed by atoms with E-state index in [1.54, 1.807) is 12.1 Å². The lowest BCUT2D eigenvalue weighted by Crippen LogP contribution is -2.01. The number of allylic oxidation sites excluding steroid dienone is 1. The van der Waals surface area contributed by atoms with Crippen LogP contribution in [0.15, 0.2) is 67.0 Å². The van der Waals surface area contributed by atoms with Gasteiger partial charge in [-0.1, -0.05) is 61.9 Å². The highest BCUT2D eigenvalue weighted by Crippen LogP contribution is 2.28. The minimum Gasteiger partial charge on any atom is -0.236 e. The largest absolute Gasteiger partial charge is 0.412 e. The Balaban J connectivity index is 1.77. The van der Waals surface area contributed by atoms with E-state index >= 15 is 0 Å². The lowest BCUT2D eigenvalue weighted by molar-refractivity contribution is -0.0798. The monoisotopic (exact) mass is 386 g/mol. The molecule has 2 nitrogen and oxygen atoms in total. The zero-order valence-corrected chi connectivity index (χ0v) is 15.2. The van der Waals surface area contributed by atoms with Gasteiger partial charge in [0, 0.05) is 23.5 Å². The normalized spacial score (nSPS) is 12.2. The van der Waals surface area contributed by atoms with Crippen molar-refractivity contribution >= 4 is 5.83 Å². The molecule has 0 saturated carbocycles. The molecule has 0 aliphatic carbocycles. The van der Waals surface area contributed by atoms with Crippen molar-refractivity contribution in [1.82, 2.24) is 9.97 Å². The molecular formula is C22H18F4N2. The molecule has 0 bridgehead atoms. The van der Waals surface area contributed by atoms with Crippen molar-refractivity contribution in [3.05, 3.63) is 78.1 Å². The third kappa shape index (κ3) is 5.03. The van der Waals surface area contributed by atoms with Gasteiger partial charge in [-0.2, -0.15) is 13.2 Å². The van der Waals surface area contributed by atoms with E-state index in [1.165, 1.54) is 12.1 Å². The molecule has 0 amide bonds. The topological polar surface area (TPSA) is 25.8 Å². The van der Waals surface area contributed by atoms with Crippen LogP contribution in [0.3, 0.4) is 0 Å². The molecule has 1 aromatic heterocycles. The fourth-order valence-corrected chi connectivity index (χ4v) is 2.78. The fourth-order valence-electron chi connectivity index (χ4n) is 2.78. The summed E-state index contributed by atoms with van der Waals surface area (Å²) in [7, 11) is 0. The summed E-state index contributed by atoms with van der Waals surface area (Å²) in [4.78, 5) is 8.76. The molecule has 3 aromatic rings. The van der Waals surface area contributed by atoms with Gasteiger partial charge >= 0.3 is 6.18 Å². The molecule has 1 heterocycles. The van der Waals surface area contributed by atoms with Crippen LogP contribution in [-0.4, -0.2) is 16.1 Å². The summed E-state index contributed by atoms with van der Waals surface area (Å²) in [5.74, 6) is -0.681. The number of aryl methyl sites for hydroxylation is 1. The smallest absolute Gasteiger partial charge is 0.236 e. The van der Waals surface area contributed by atoms with Crippen molar-refractivity contribution in [3.8, 4) is 22.5 Å². The standard InChI is InChI=1S/C22H18F4N2/c1-2-3-15-13-27-21(28-14-15)19-10-6-17(7-11-19)16-4-8-18(9-5-16)20(23)12-22(24,25)26/h4-14H,2-3H2,1H3/b20-12-. The highest BCUT2D eigenvalue weighted by molar-refractivity contribution is 5.70. The first kappa shape index (κ1) is 19.7. The molecule has 6 heteroatoms. The molecule has 2 aromatic carbocycles. The summed E-state index contributed by atoms with van der Waals surface area (Å²) in [6.45, 7) is 2.10. The van der Waals surface area contributed by atoms with Crippen LogP contribution in [-0.2, 0) is 6.42 Å². The summed E-state index contributed by atoms with van der Waals surface area (Å²) in [6.07, 6.45) is 0.584. The Labute approximate surface area is 160 Å². The van der Waals surface area contributed by atoms with Crippen molar-refractivity contribution in [2.24, 2.45) is 0 Å². The van der Waals surface area contributed by atoms with Crippen molar-refractivity contribution in [3.63, 3.8) is 0 Å². The second kappa shape index (κ2) is 8.33. The van der Waals surface area contributed by atoms with Crippen LogP contribution < -0.4 is 0 Å². The lowest BCUT2D eigenvalue weighted by Gasteiger charge is -2.06. The molecule has 0 aliphatic rings. The van der Waals surface area contributed by atoms with Gasteiger partial charge in [0.2, 0.25) is 0 Å². The van der Waals surface area contributed by atoms with Gasteiger partial charge in [0.15, 0.2) is 5.82 Å². The third-order valence-electron chi connectivity index (χ3n) is 4.17.